The fourth-order valence-electron chi connectivity index (χ4n) is 2.29. The fourth-order valence-corrected chi connectivity index (χ4v) is 3.32. The second-order valence-corrected chi connectivity index (χ2v) is 6.29. The maximum Gasteiger partial charge on any atom is 0.257 e. The number of pyridine rings is 1. The molecule has 0 aliphatic carbocycles. The van der Waals surface area contributed by atoms with E-state index in [1.54, 1.807) is 19.2 Å². The van der Waals surface area contributed by atoms with Crippen molar-refractivity contribution in [3.05, 3.63) is 46.2 Å². The van der Waals surface area contributed by atoms with Gasteiger partial charge in [-0.15, -0.1) is 0 Å². The lowest BCUT2D eigenvalue weighted by Gasteiger charge is -2.11. The lowest BCUT2D eigenvalue weighted by molar-refractivity contribution is 0.407. The fraction of sp³-hybridized carbons (Fsp3) is 0.250. The predicted molar refractivity (Wildman–Crippen MR) is 88.8 cm³/mol. The molecule has 0 amide bonds. The van der Waals surface area contributed by atoms with Gasteiger partial charge in [0.2, 0.25) is 0 Å². The molecule has 0 spiro atoms. The number of thioether (sulfide) groups is 1. The molecular formula is C16H15ClN2O2S. The summed E-state index contributed by atoms with van der Waals surface area (Å²) in [6, 6.07) is 5.41. The van der Waals surface area contributed by atoms with Crippen LogP contribution in [-0.4, -0.2) is 17.1 Å². The number of aryl methyl sites for hydroxylation is 1. The summed E-state index contributed by atoms with van der Waals surface area (Å²) in [5.74, 6) is 1.55. The molecule has 0 fully saturated rings. The third kappa shape index (κ3) is 2.91. The Morgan fingerprint density at radius 1 is 1.32 bits per heavy atom. The SMILES string of the molecule is COc1c(C)cnc(CSc2nc3cc(Cl)ccc3o2)c1C. The molecule has 0 N–H and O–H groups in total. The van der Waals surface area contributed by atoms with Crippen molar-refractivity contribution in [2.24, 2.45) is 0 Å². The topological polar surface area (TPSA) is 48.2 Å². The Kier molecular flexibility index (Phi) is 4.27. The number of hydrogen-bond acceptors (Lipinski definition) is 5. The molecular weight excluding hydrogens is 320 g/mol. The van der Waals surface area contributed by atoms with Gasteiger partial charge in [-0.3, -0.25) is 4.98 Å². The van der Waals surface area contributed by atoms with Crippen molar-refractivity contribution in [3.8, 4) is 5.75 Å². The predicted octanol–water partition coefficient (Wildman–Crippen LogP) is 4.79. The second-order valence-electron chi connectivity index (χ2n) is 4.93. The zero-order valence-corrected chi connectivity index (χ0v) is 14.1. The molecule has 3 rings (SSSR count). The molecule has 22 heavy (non-hydrogen) atoms. The van der Waals surface area contributed by atoms with E-state index >= 15 is 0 Å². The van der Waals surface area contributed by atoms with E-state index in [-0.39, 0.29) is 0 Å². The number of halogens is 1. The highest BCUT2D eigenvalue weighted by Gasteiger charge is 2.12. The Bertz CT molecular complexity index is 832. The first kappa shape index (κ1) is 15.2. The van der Waals surface area contributed by atoms with Crippen LogP contribution in [0, 0.1) is 13.8 Å². The maximum atomic E-state index is 5.96. The van der Waals surface area contributed by atoms with Crippen molar-refractivity contribution in [1.82, 2.24) is 9.97 Å². The molecule has 0 unspecified atom stereocenters. The summed E-state index contributed by atoms with van der Waals surface area (Å²) >= 11 is 7.46. The summed E-state index contributed by atoms with van der Waals surface area (Å²) < 4.78 is 11.1. The summed E-state index contributed by atoms with van der Waals surface area (Å²) in [4.78, 5) is 8.91. The van der Waals surface area contributed by atoms with Gasteiger partial charge in [-0.25, -0.2) is 4.98 Å². The van der Waals surface area contributed by atoms with E-state index in [0.717, 1.165) is 33.7 Å². The van der Waals surface area contributed by atoms with Gasteiger partial charge in [0.05, 0.1) is 12.8 Å². The van der Waals surface area contributed by atoms with Gasteiger partial charge >= 0.3 is 0 Å². The molecule has 0 aliphatic rings. The largest absolute Gasteiger partial charge is 0.496 e. The van der Waals surface area contributed by atoms with E-state index < -0.39 is 0 Å². The summed E-state index contributed by atoms with van der Waals surface area (Å²) in [5.41, 5.74) is 4.55. The Balaban J connectivity index is 1.82. The highest BCUT2D eigenvalue weighted by Crippen LogP contribution is 2.30. The zero-order chi connectivity index (χ0) is 15.7. The van der Waals surface area contributed by atoms with Crippen molar-refractivity contribution < 1.29 is 9.15 Å². The molecule has 6 heteroatoms. The smallest absolute Gasteiger partial charge is 0.257 e. The second kappa shape index (κ2) is 6.18. The quantitative estimate of drug-likeness (QED) is 0.642. The maximum absolute atomic E-state index is 5.96. The molecule has 0 saturated carbocycles. The van der Waals surface area contributed by atoms with E-state index in [2.05, 4.69) is 9.97 Å². The number of rotatable bonds is 4. The van der Waals surface area contributed by atoms with Crippen LogP contribution in [0.1, 0.15) is 16.8 Å². The normalized spacial score (nSPS) is 11.1. The van der Waals surface area contributed by atoms with Crippen LogP contribution in [-0.2, 0) is 5.75 Å². The molecule has 2 heterocycles. The minimum atomic E-state index is 0.609. The van der Waals surface area contributed by atoms with Crippen molar-refractivity contribution in [2.45, 2.75) is 24.8 Å². The van der Waals surface area contributed by atoms with Gasteiger partial charge in [-0.2, -0.15) is 0 Å². The van der Waals surface area contributed by atoms with Crippen LogP contribution in [0.2, 0.25) is 5.02 Å². The molecule has 0 aliphatic heterocycles. The molecule has 114 valence electrons. The van der Waals surface area contributed by atoms with Crippen LogP contribution in [0.5, 0.6) is 5.75 Å². The van der Waals surface area contributed by atoms with Gasteiger partial charge in [0.15, 0.2) is 5.58 Å². The lowest BCUT2D eigenvalue weighted by atomic mass is 10.1. The average molecular weight is 335 g/mol. The van der Waals surface area contributed by atoms with Crippen LogP contribution in [0.15, 0.2) is 34.0 Å². The number of methoxy groups -OCH3 is 1. The van der Waals surface area contributed by atoms with Crippen LogP contribution in [0.3, 0.4) is 0 Å². The minimum Gasteiger partial charge on any atom is -0.496 e. The molecule has 2 aromatic heterocycles. The van der Waals surface area contributed by atoms with Crippen LogP contribution < -0.4 is 4.74 Å². The van der Waals surface area contributed by atoms with Crippen molar-refractivity contribution in [3.63, 3.8) is 0 Å². The van der Waals surface area contributed by atoms with Crippen LogP contribution in [0.25, 0.3) is 11.1 Å². The molecule has 0 radical (unpaired) electrons. The third-order valence-electron chi connectivity index (χ3n) is 3.41. The average Bonchev–Trinajstić information content (AvgIpc) is 2.89. The van der Waals surface area contributed by atoms with Gasteiger partial charge in [0.1, 0.15) is 11.3 Å². The Morgan fingerprint density at radius 3 is 2.91 bits per heavy atom. The number of ether oxygens (including phenoxy) is 1. The summed E-state index contributed by atoms with van der Waals surface area (Å²) in [7, 11) is 1.68. The minimum absolute atomic E-state index is 0.609. The van der Waals surface area contributed by atoms with Gasteiger partial charge in [0.25, 0.3) is 5.22 Å². The number of hydrogen-bond donors (Lipinski definition) is 0. The van der Waals surface area contributed by atoms with Crippen molar-refractivity contribution in [1.29, 1.82) is 0 Å². The number of fused-ring (bicyclic) bond motifs is 1. The molecule has 0 atom stereocenters. The van der Waals surface area contributed by atoms with E-state index in [4.69, 9.17) is 20.8 Å². The number of aromatic nitrogens is 2. The van der Waals surface area contributed by atoms with E-state index in [0.29, 0.717) is 16.0 Å². The van der Waals surface area contributed by atoms with Gasteiger partial charge in [-0.1, -0.05) is 23.4 Å². The monoisotopic (exact) mass is 334 g/mol. The highest BCUT2D eigenvalue weighted by molar-refractivity contribution is 7.98. The standard InChI is InChI=1S/C16H15ClN2O2S/c1-9-7-18-13(10(2)15(9)20-3)8-22-16-19-12-6-11(17)4-5-14(12)21-16/h4-7H,8H2,1-3H3. The molecule has 3 aromatic rings. The van der Waals surface area contributed by atoms with Gasteiger partial charge in [0, 0.05) is 28.1 Å². The summed E-state index contributed by atoms with van der Waals surface area (Å²) in [6.45, 7) is 4.00. The third-order valence-corrected chi connectivity index (χ3v) is 4.49. The van der Waals surface area contributed by atoms with Gasteiger partial charge in [-0.05, 0) is 32.0 Å². The lowest BCUT2D eigenvalue weighted by Crippen LogP contribution is -1.98. The Morgan fingerprint density at radius 2 is 2.14 bits per heavy atom. The van der Waals surface area contributed by atoms with E-state index in [9.17, 15) is 0 Å². The van der Waals surface area contributed by atoms with Crippen LogP contribution >= 0.6 is 23.4 Å². The Hall–Kier alpha value is -1.72. The summed E-state index contributed by atoms with van der Waals surface area (Å²) in [6.07, 6.45) is 1.83. The van der Waals surface area contributed by atoms with Gasteiger partial charge < -0.3 is 9.15 Å². The molecule has 0 bridgehead atoms. The van der Waals surface area contributed by atoms with Crippen LogP contribution in [0.4, 0.5) is 0 Å². The molecule has 1 aromatic carbocycles. The van der Waals surface area contributed by atoms with Crippen molar-refractivity contribution >= 4 is 34.5 Å². The first-order valence-corrected chi connectivity index (χ1v) is 8.13. The number of nitrogens with zero attached hydrogens (tertiary/aromatic N) is 2. The molecule has 4 nitrogen and oxygen atoms in total. The van der Waals surface area contributed by atoms with E-state index in [1.165, 1.54) is 11.8 Å². The first-order chi connectivity index (χ1) is 10.6. The summed E-state index contributed by atoms with van der Waals surface area (Å²) in [5, 5.41) is 1.26. The van der Waals surface area contributed by atoms with Crippen molar-refractivity contribution in [2.75, 3.05) is 7.11 Å². The molecule has 0 saturated heterocycles. The van der Waals surface area contributed by atoms with E-state index in [1.807, 2.05) is 26.1 Å². The zero-order valence-electron chi connectivity index (χ0n) is 12.5. The Labute approximate surface area is 137 Å². The first-order valence-electron chi connectivity index (χ1n) is 6.76. The number of benzene rings is 1. The highest BCUT2D eigenvalue weighted by atomic mass is 35.5. The number of oxazole rings is 1.